The quantitative estimate of drug-likeness (QED) is 0.198. The van der Waals surface area contributed by atoms with Crippen molar-refractivity contribution in [3.05, 3.63) is 89.1 Å². The lowest BCUT2D eigenvalue weighted by atomic mass is 10.1. The van der Waals surface area contributed by atoms with Gasteiger partial charge in [-0.2, -0.15) is 4.79 Å². The number of nitrogens with zero attached hydrogens (tertiary/aromatic N) is 1. The number of aromatic amines is 1. The van der Waals surface area contributed by atoms with Crippen LogP contribution in [-0.4, -0.2) is 35.2 Å². The van der Waals surface area contributed by atoms with E-state index in [-0.39, 0.29) is 17.7 Å². The number of halogens is 1. The van der Waals surface area contributed by atoms with Crippen LogP contribution < -0.4 is 20.2 Å². The SMILES string of the molecule is COC(=S)Nn1cc(-c2cc3c(OCc4cccc(NC(=O)c5ccccc5Cl)c4)cc(OC)cc3o2)[nH]1. The maximum absolute atomic E-state index is 12.6. The molecule has 5 rings (SSSR count). The molecule has 0 atom stereocenters. The molecule has 5 aromatic rings. The van der Waals surface area contributed by atoms with E-state index >= 15 is 0 Å². The van der Waals surface area contributed by atoms with Gasteiger partial charge in [0, 0.05) is 17.8 Å². The number of nitrogens with one attached hydrogen (secondary N) is 3. The minimum atomic E-state index is -0.286. The molecule has 0 bridgehead atoms. The van der Waals surface area contributed by atoms with Gasteiger partial charge in [-0.25, -0.2) is 5.43 Å². The van der Waals surface area contributed by atoms with E-state index in [0.29, 0.717) is 39.1 Å². The number of carbonyl (C=O) groups excluding carboxylic acids is 1. The summed E-state index contributed by atoms with van der Waals surface area (Å²) in [5, 5.41) is 7.35. The maximum Gasteiger partial charge on any atom is 0.277 e. The van der Waals surface area contributed by atoms with E-state index < -0.39 is 0 Å². The van der Waals surface area contributed by atoms with E-state index in [1.807, 2.05) is 24.3 Å². The molecule has 0 saturated heterocycles. The number of thiocarbonyl (C=S) groups is 1. The third-order valence-electron chi connectivity index (χ3n) is 5.67. The molecule has 11 heteroatoms. The van der Waals surface area contributed by atoms with Crippen LogP contribution in [0.5, 0.6) is 11.5 Å². The lowest BCUT2D eigenvalue weighted by molar-refractivity contribution is 0.102. The fourth-order valence-electron chi connectivity index (χ4n) is 3.77. The van der Waals surface area contributed by atoms with Crippen molar-refractivity contribution in [2.75, 3.05) is 25.0 Å². The Morgan fingerprint density at radius 3 is 2.68 bits per heavy atom. The number of amides is 1. The summed E-state index contributed by atoms with van der Waals surface area (Å²) in [7, 11) is 3.07. The van der Waals surface area contributed by atoms with Gasteiger partial charge in [0.2, 0.25) is 0 Å². The molecule has 0 saturated carbocycles. The van der Waals surface area contributed by atoms with E-state index in [2.05, 4.69) is 15.8 Å². The van der Waals surface area contributed by atoms with Crippen LogP contribution in [0.25, 0.3) is 22.4 Å². The molecule has 0 fully saturated rings. The number of ether oxygens (including phenoxy) is 3. The minimum absolute atomic E-state index is 0.227. The molecule has 2 heterocycles. The number of methoxy groups -OCH3 is 2. The lowest BCUT2D eigenvalue weighted by Gasteiger charge is -2.15. The third kappa shape index (κ3) is 5.46. The smallest absolute Gasteiger partial charge is 0.277 e. The largest absolute Gasteiger partial charge is 0.496 e. The van der Waals surface area contributed by atoms with Crippen molar-refractivity contribution in [2.45, 2.75) is 6.61 Å². The molecule has 0 unspecified atom stereocenters. The van der Waals surface area contributed by atoms with E-state index in [9.17, 15) is 4.79 Å². The lowest BCUT2D eigenvalue weighted by Crippen LogP contribution is -2.27. The Bertz CT molecular complexity index is 1610. The number of hydrogen-bond acceptors (Lipinski definition) is 6. The zero-order chi connectivity index (χ0) is 26.6. The highest BCUT2D eigenvalue weighted by molar-refractivity contribution is 7.80. The molecule has 0 aliphatic heterocycles. The van der Waals surface area contributed by atoms with Crippen molar-refractivity contribution < 1.29 is 23.4 Å². The van der Waals surface area contributed by atoms with E-state index in [0.717, 1.165) is 16.6 Å². The molecule has 3 N–H and O–H groups in total. The normalized spacial score (nSPS) is 10.8. The Labute approximate surface area is 228 Å². The van der Waals surface area contributed by atoms with Crippen LogP contribution in [0.1, 0.15) is 15.9 Å². The van der Waals surface area contributed by atoms with Gasteiger partial charge in [0.1, 0.15) is 29.4 Å². The van der Waals surface area contributed by atoms with Crippen molar-refractivity contribution in [1.82, 2.24) is 9.89 Å². The zero-order valence-corrected chi connectivity index (χ0v) is 22.0. The highest BCUT2D eigenvalue weighted by Gasteiger charge is 2.16. The summed E-state index contributed by atoms with van der Waals surface area (Å²) < 4.78 is 22.6. The van der Waals surface area contributed by atoms with Gasteiger partial charge in [0.05, 0.1) is 36.4 Å². The summed E-state index contributed by atoms with van der Waals surface area (Å²) in [4.78, 5) is 14.2. The second-order valence-electron chi connectivity index (χ2n) is 8.20. The average Bonchev–Trinajstić information content (AvgIpc) is 3.32. The van der Waals surface area contributed by atoms with Gasteiger partial charge in [-0.1, -0.05) is 35.9 Å². The van der Waals surface area contributed by atoms with Gasteiger partial charge in [-0.3, -0.25) is 9.89 Å². The molecule has 0 spiro atoms. The second kappa shape index (κ2) is 10.9. The van der Waals surface area contributed by atoms with Crippen LogP contribution in [0.3, 0.4) is 0 Å². The Hall–Kier alpha value is -4.41. The van der Waals surface area contributed by atoms with Crippen molar-refractivity contribution in [2.24, 2.45) is 0 Å². The molecule has 2 aromatic heterocycles. The summed E-state index contributed by atoms with van der Waals surface area (Å²) in [5.74, 6) is 1.52. The van der Waals surface area contributed by atoms with Gasteiger partial charge in [-0.05, 0) is 48.1 Å². The first-order valence-electron chi connectivity index (χ1n) is 11.5. The van der Waals surface area contributed by atoms with E-state index in [1.165, 1.54) is 7.11 Å². The predicted molar refractivity (Wildman–Crippen MR) is 150 cm³/mol. The summed E-state index contributed by atoms with van der Waals surface area (Å²) in [5.41, 5.74) is 6.09. The number of aromatic nitrogens is 2. The van der Waals surface area contributed by atoms with Gasteiger partial charge in [0.25, 0.3) is 11.1 Å². The first-order chi connectivity index (χ1) is 18.4. The van der Waals surface area contributed by atoms with Crippen molar-refractivity contribution in [1.29, 1.82) is 0 Å². The van der Waals surface area contributed by atoms with E-state index in [4.69, 9.17) is 42.4 Å². The fourth-order valence-corrected chi connectivity index (χ4v) is 4.09. The Morgan fingerprint density at radius 2 is 1.92 bits per heavy atom. The Balaban J connectivity index is 1.33. The Kier molecular flexibility index (Phi) is 7.25. The van der Waals surface area contributed by atoms with Crippen LogP contribution in [0.15, 0.2) is 77.3 Å². The highest BCUT2D eigenvalue weighted by atomic mass is 35.5. The minimum Gasteiger partial charge on any atom is -0.496 e. The van der Waals surface area contributed by atoms with Crippen LogP contribution in [-0.2, 0) is 11.3 Å². The molecule has 3 aromatic carbocycles. The molecular formula is C27H23ClN4O5S. The number of H-pyrrole nitrogens is 1. The Morgan fingerprint density at radius 1 is 1.11 bits per heavy atom. The van der Waals surface area contributed by atoms with Crippen LogP contribution >= 0.6 is 23.8 Å². The van der Waals surface area contributed by atoms with Crippen LogP contribution in [0, 0.1) is 0 Å². The van der Waals surface area contributed by atoms with E-state index in [1.54, 1.807) is 60.6 Å². The molecular weight excluding hydrogens is 528 g/mol. The molecule has 0 radical (unpaired) electrons. The molecule has 0 aliphatic carbocycles. The number of anilines is 1. The molecule has 194 valence electrons. The number of furan rings is 1. The number of carbonyl (C=O) groups is 1. The summed E-state index contributed by atoms with van der Waals surface area (Å²) in [6.07, 6.45) is 1.78. The average molecular weight is 551 g/mol. The molecule has 9 nitrogen and oxygen atoms in total. The number of benzene rings is 3. The molecule has 38 heavy (non-hydrogen) atoms. The van der Waals surface area contributed by atoms with Crippen LogP contribution in [0.4, 0.5) is 5.69 Å². The standard InChI is InChI=1S/C27H23ClN4O5S/c1-34-18-11-23(20-13-25(37-24(20)12-18)22-14-32(30-22)31-27(38)35-2)36-15-16-6-5-7-17(10-16)29-26(33)19-8-3-4-9-21(19)28/h3-14,30H,15H2,1-2H3,(H,29,33)(H,31,38). The topological polar surface area (TPSA) is 103 Å². The molecule has 1 amide bonds. The van der Waals surface area contributed by atoms with Gasteiger partial charge in [0.15, 0.2) is 5.76 Å². The third-order valence-corrected chi connectivity index (χ3v) is 6.26. The summed E-state index contributed by atoms with van der Waals surface area (Å²) in [6.45, 7) is 0.256. The zero-order valence-electron chi connectivity index (χ0n) is 20.4. The van der Waals surface area contributed by atoms with Crippen molar-refractivity contribution in [3.63, 3.8) is 0 Å². The summed E-state index contributed by atoms with van der Waals surface area (Å²) in [6, 6.07) is 19.8. The number of rotatable bonds is 8. The fraction of sp³-hybridized carbons (Fsp3) is 0.111. The first-order valence-corrected chi connectivity index (χ1v) is 12.2. The van der Waals surface area contributed by atoms with Gasteiger partial charge < -0.3 is 23.9 Å². The number of hydrogen-bond donors (Lipinski definition) is 3. The van der Waals surface area contributed by atoms with Crippen molar-refractivity contribution in [3.8, 4) is 23.0 Å². The van der Waals surface area contributed by atoms with Gasteiger partial charge >= 0.3 is 0 Å². The molecule has 0 aliphatic rings. The summed E-state index contributed by atoms with van der Waals surface area (Å²) >= 11 is 11.1. The van der Waals surface area contributed by atoms with Crippen LogP contribution in [0.2, 0.25) is 5.02 Å². The second-order valence-corrected chi connectivity index (χ2v) is 8.98. The number of fused-ring (bicyclic) bond motifs is 1. The first kappa shape index (κ1) is 25.2. The van der Waals surface area contributed by atoms with Crippen molar-refractivity contribution >= 4 is 51.6 Å². The monoisotopic (exact) mass is 550 g/mol. The van der Waals surface area contributed by atoms with Gasteiger partial charge in [-0.15, -0.1) is 0 Å². The highest BCUT2D eigenvalue weighted by Crippen LogP contribution is 2.37. The predicted octanol–water partition coefficient (Wildman–Crippen LogP) is 6.20. The maximum atomic E-state index is 12.6.